The number of amides is 1. The van der Waals surface area contributed by atoms with Gasteiger partial charge < -0.3 is 5.32 Å². The average molecular weight is 647 g/mol. The van der Waals surface area contributed by atoms with Gasteiger partial charge in [-0.05, 0) is 39.0 Å². The van der Waals surface area contributed by atoms with Gasteiger partial charge in [0.25, 0.3) is 0 Å². The Bertz CT molecular complexity index is 678. The van der Waals surface area contributed by atoms with Crippen molar-refractivity contribution in [3.63, 3.8) is 0 Å². The van der Waals surface area contributed by atoms with Gasteiger partial charge in [-0.25, -0.2) is 0 Å². The average Bonchev–Trinajstić information content (AvgIpc) is 3.60. The lowest BCUT2D eigenvalue weighted by Gasteiger charge is -2.20. The number of carbonyl (C=O) groups is 1. The molecule has 0 saturated carbocycles. The summed E-state index contributed by atoms with van der Waals surface area (Å²) in [6.45, 7) is 9.14. The van der Waals surface area contributed by atoms with Crippen LogP contribution in [0.2, 0.25) is 0 Å². The van der Waals surface area contributed by atoms with E-state index < -0.39 is 0 Å². The molecule has 4 heteroatoms. The fourth-order valence-electron chi connectivity index (χ4n) is 7.27. The lowest BCUT2D eigenvalue weighted by atomic mass is 9.99. The lowest BCUT2D eigenvalue weighted by molar-refractivity contribution is -0.550. The van der Waals surface area contributed by atoms with Crippen LogP contribution in [0.25, 0.3) is 0 Å². The Morgan fingerprint density at radius 3 is 1.37 bits per heavy atom. The quantitative estimate of drug-likeness (QED) is 0.0525. The van der Waals surface area contributed by atoms with E-state index in [9.17, 15) is 4.79 Å². The van der Waals surface area contributed by atoms with E-state index in [1.807, 2.05) is 0 Å². The highest BCUT2D eigenvalue weighted by molar-refractivity contribution is 5.76. The summed E-state index contributed by atoms with van der Waals surface area (Å²) in [5.74, 6) is 0.305. The van der Waals surface area contributed by atoms with Crippen molar-refractivity contribution in [1.29, 1.82) is 0 Å². The number of carbonyl (C=O) groups excluding carboxylic acids is 1. The van der Waals surface area contributed by atoms with Gasteiger partial charge in [0.15, 0.2) is 0 Å². The summed E-state index contributed by atoms with van der Waals surface area (Å²) >= 11 is 0. The van der Waals surface area contributed by atoms with Crippen molar-refractivity contribution in [2.24, 2.45) is 0 Å². The van der Waals surface area contributed by atoms with Gasteiger partial charge in [-0.2, -0.15) is 0 Å². The van der Waals surface area contributed by atoms with Gasteiger partial charge in [-0.3, -0.25) is 14.7 Å². The summed E-state index contributed by atoms with van der Waals surface area (Å²) < 4.78 is 2.44. The van der Waals surface area contributed by atoms with E-state index in [1.165, 1.54) is 186 Å². The summed E-state index contributed by atoms with van der Waals surface area (Å²) in [7, 11) is 0. The lowest BCUT2D eigenvalue weighted by Crippen LogP contribution is -2.35. The maximum Gasteiger partial charge on any atom is 0.232 e. The van der Waals surface area contributed by atoms with Crippen LogP contribution in [0.3, 0.4) is 0 Å². The van der Waals surface area contributed by atoms with E-state index in [0.717, 1.165) is 38.8 Å². The molecule has 0 aromatic carbocycles. The van der Waals surface area contributed by atoms with E-state index in [-0.39, 0.29) is 0 Å². The first kappa shape index (κ1) is 43.0. The van der Waals surface area contributed by atoms with Crippen LogP contribution in [0.4, 0.5) is 0 Å². The van der Waals surface area contributed by atoms with E-state index in [0.29, 0.717) is 18.0 Å². The highest BCUT2D eigenvalue weighted by Gasteiger charge is 2.18. The zero-order chi connectivity index (χ0) is 33.2. The normalized spacial score (nSPS) is 14.3. The van der Waals surface area contributed by atoms with Crippen LogP contribution in [-0.4, -0.2) is 42.0 Å². The number of hydrogen-bond acceptors (Lipinski definition) is 2. The zero-order valence-corrected chi connectivity index (χ0v) is 31.8. The Kier molecular flexibility index (Phi) is 31.6. The number of hydrogen-bond donors (Lipinski definition) is 2. The van der Waals surface area contributed by atoms with Crippen molar-refractivity contribution in [2.75, 3.05) is 13.1 Å². The molecule has 0 aliphatic carbocycles. The number of nitrogens with zero attached hydrogens (tertiary/aromatic N) is 1. The summed E-state index contributed by atoms with van der Waals surface area (Å²) in [4.78, 5) is 12.9. The highest BCUT2D eigenvalue weighted by Crippen LogP contribution is 2.17. The monoisotopic (exact) mass is 647 g/mol. The third-order valence-corrected chi connectivity index (χ3v) is 10.5. The third-order valence-electron chi connectivity index (χ3n) is 10.5. The summed E-state index contributed by atoms with van der Waals surface area (Å²) in [5, 5.41) is 6.82. The van der Waals surface area contributed by atoms with Crippen molar-refractivity contribution in [3.8, 4) is 0 Å². The molecule has 0 fully saturated rings. The molecule has 1 aliphatic heterocycles. The number of unbranched alkanes of at least 4 members (excludes halogenated alkanes) is 26. The van der Waals surface area contributed by atoms with Gasteiger partial charge in [0, 0.05) is 12.5 Å². The van der Waals surface area contributed by atoms with Crippen LogP contribution >= 0.6 is 0 Å². The van der Waals surface area contributed by atoms with Gasteiger partial charge in [0.2, 0.25) is 12.2 Å². The number of rotatable bonds is 36. The third kappa shape index (κ3) is 28.0. The fourth-order valence-corrected chi connectivity index (χ4v) is 7.27. The van der Waals surface area contributed by atoms with E-state index in [1.54, 1.807) is 0 Å². The molecular weight excluding hydrogens is 562 g/mol. The Balaban J connectivity index is 2.12. The van der Waals surface area contributed by atoms with Crippen molar-refractivity contribution < 1.29 is 9.37 Å². The van der Waals surface area contributed by atoms with E-state index in [4.69, 9.17) is 0 Å². The van der Waals surface area contributed by atoms with Crippen LogP contribution in [-0.2, 0) is 4.79 Å². The molecule has 1 amide bonds. The zero-order valence-electron chi connectivity index (χ0n) is 31.8. The second-order valence-electron chi connectivity index (χ2n) is 15.1. The van der Waals surface area contributed by atoms with Gasteiger partial charge in [0.1, 0.15) is 13.1 Å². The molecule has 2 atom stereocenters. The SMILES string of the molecule is CCCCCCCCCCCCCCCCCC(=O)NC(CCCCCCCCCCCCCCC)CCCC(C)[N+]1=CNCC1. The van der Waals surface area contributed by atoms with Crippen LogP contribution in [0.5, 0.6) is 0 Å². The van der Waals surface area contributed by atoms with Crippen molar-refractivity contribution in [3.05, 3.63) is 0 Å². The van der Waals surface area contributed by atoms with Crippen molar-refractivity contribution in [2.45, 2.75) is 245 Å². The smallest absolute Gasteiger partial charge is 0.232 e. The molecular formula is C42H84N3O+. The molecule has 0 radical (unpaired) electrons. The van der Waals surface area contributed by atoms with Crippen molar-refractivity contribution in [1.82, 2.24) is 10.6 Å². The van der Waals surface area contributed by atoms with E-state index in [2.05, 4.69) is 42.3 Å². The molecule has 2 N–H and O–H groups in total. The molecule has 272 valence electrons. The molecule has 4 nitrogen and oxygen atoms in total. The maximum absolute atomic E-state index is 12.9. The Morgan fingerprint density at radius 1 is 0.565 bits per heavy atom. The Morgan fingerprint density at radius 2 is 0.957 bits per heavy atom. The topological polar surface area (TPSA) is 44.1 Å². The summed E-state index contributed by atoms with van der Waals surface area (Å²) in [5.41, 5.74) is 0. The minimum Gasteiger partial charge on any atom is -0.353 e. The van der Waals surface area contributed by atoms with Gasteiger partial charge >= 0.3 is 0 Å². The minimum atomic E-state index is 0.305. The van der Waals surface area contributed by atoms with Gasteiger partial charge in [-0.15, -0.1) is 0 Å². The number of nitrogens with one attached hydrogen (secondary N) is 2. The molecule has 1 rings (SSSR count). The fraction of sp³-hybridized carbons (Fsp3) is 0.952. The molecule has 0 saturated heterocycles. The Labute approximate surface area is 289 Å². The molecule has 1 aliphatic rings. The molecule has 1 heterocycles. The van der Waals surface area contributed by atoms with Gasteiger partial charge in [-0.1, -0.05) is 187 Å². The van der Waals surface area contributed by atoms with E-state index >= 15 is 0 Å². The first-order valence-corrected chi connectivity index (χ1v) is 21.3. The summed E-state index contributed by atoms with van der Waals surface area (Å²) in [6, 6.07) is 0.951. The standard InChI is InChI=1S/C42H83N3O/c1-4-6-8-10-12-14-16-18-19-21-23-25-27-29-31-36-42(46)44-41(35-32-33-40(3)45-38-37-43-39-45)34-30-28-26-24-22-20-17-15-13-11-9-7-5-2/h39-41H,4-38H2,1-3H3,(H,44,46)/p+1. The minimum absolute atomic E-state index is 0.305. The molecule has 0 bridgehead atoms. The van der Waals surface area contributed by atoms with Crippen LogP contribution in [0.1, 0.15) is 233 Å². The predicted molar refractivity (Wildman–Crippen MR) is 204 cm³/mol. The molecule has 0 spiro atoms. The highest BCUT2D eigenvalue weighted by atomic mass is 16.1. The first-order valence-electron chi connectivity index (χ1n) is 21.3. The maximum atomic E-state index is 12.9. The van der Waals surface area contributed by atoms with Crippen LogP contribution in [0.15, 0.2) is 0 Å². The second-order valence-corrected chi connectivity index (χ2v) is 15.1. The van der Waals surface area contributed by atoms with Crippen LogP contribution in [0, 0.1) is 0 Å². The molecule has 2 unspecified atom stereocenters. The predicted octanol–water partition coefficient (Wildman–Crippen LogP) is 12.4. The first-order chi connectivity index (χ1) is 22.7. The van der Waals surface area contributed by atoms with Crippen molar-refractivity contribution >= 4 is 12.2 Å². The van der Waals surface area contributed by atoms with Gasteiger partial charge in [0.05, 0.1) is 6.04 Å². The largest absolute Gasteiger partial charge is 0.353 e. The Hall–Kier alpha value is -1.06. The summed E-state index contributed by atoms with van der Waals surface area (Å²) in [6.07, 6.45) is 46.3. The second kappa shape index (κ2) is 33.8. The van der Waals surface area contributed by atoms with Crippen LogP contribution < -0.4 is 10.6 Å². The molecule has 0 aromatic rings. The molecule has 46 heavy (non-hydrogen) atoms. The molecule has 0 aromatic heterocycles.